The van der Waals surface area contributed by atoms with Gasteiger partial charge < -0.3 is 15.7 Å². The van der Waals surface area contributed by atoms with Crippen LogP contribution < -0.4 is 10.6 Å². The molecule has 3 aromatic rings. The zero-order valence-corrected chi connectivity index (χ0v) is 20.1. The number of aromatic nitrogens is 5. The molecule has 3 unspecified atom stereocenters. The topological polar surface area (TPSA) is 127 Å². The van der Waals surface area contributed by atoms with E-state index in [2.05, 4.69) is 25.8 Å². The Morgan fingerprint density at radius 3 is 2.73 bits per heavy atom. The molecule has 3 atom stereocenters. The van der Waals surface area contributed by atoms with Gasteiger partial charge in [0, 0.05) is 24.2 Å². The first kappa shape index (κ1) is 25.2. The third-order valence-electron chi connectivity index (χ3n) is 6.88. The predicted molar refractivity (Wildman–Crippen MR) is 125 cm³/mol. The molecule has 1 aliphatic heterocycles. The minimum atomic E-state index is -4.85. The summed E-state index contributed by atoms with van der Waals surface area (Å²) >= 11 is 6.27. The Labute approximate surface area is 213 Å². The van der Waals surface area contributed by atoms with Crippen molar-refractivity contribution in [2.45, 2.75) is 44.5 Å². The van der Waals surface area contributed by atoms with E-state index in [0.717, 1.165) is 10.9 Å². The highest BCUT2D eigenvalue weighted by Crippen LogP contribution is 2.44. The number of alkyl halides is 3. The summed E-state index contributed by atoms with van der Waals surface area (Å²) in [6.45, 7) is 0.173. The molecule has 2 amide bonds. The molecule has 0 aromatic carbocycles. The van der Waals surface area contributed by atoms with E-state index in [9.17, 15) is 27.9 Å². The van der Waals surface area contributed by atoms with Gasteiger partial charge in [-0.1, -0.05) is 18.0 Å². The Balaban J connectivity index is 1.42. The molecule has 3 aromatic heterocycles. The van der Waals surface area contributed by atoms with Crippen LogP contribution in [0.25, 0.3) is 5.82 Å². The number of fused-ring (bicyclic) bond motifs is 1. The maximum atomic E-state index is 14.3. The molecule has 0 radical (unpaired) electrons. The van der Waals surface area contributed by atoms with Crippen LogP contribution in [0.4, 0.5) is 18.9 Å². The Morgan fingerprint density at radius 1 is 1.22 bits per heavy atom. The quantitative estimate of drug-likeness (QED) is 0.458. The number of rotatable bonds is 5. The second kappa shape index (κ2) is 9.78. The molecule has 2 aliphatic rings. The Bertz CT molecular complexity index is 1340. The lowest BCUT2D eigenvalue weighted by atomic mass is 9.72. The molecule has 1 saturated heterocycles. The molecule has 196 valence electrons. The first-order chi connectivity index (χ1) is 17.7. The molecule has 3 N–H and O–H groups in total. The number of aliphatic hydroxyl groups excluding tert-OH is 1. The summed E-state index contributed by atoms with van der Waals surface area (Å²) in [4.78, 5) is 29.4. The maximum Gasteiger partial charge on any atom is 0.433 e. The number of carbonyl (C=O) groups excluding carboxylic acids is 2. The van der Waals surface area contributed by atoms with Crippen molar-refractivity contribution in [1.82, 2.24) is 29.9 Å². The Kier molecular flexibility index (Phi) is 6.67. The van der Waals surface area contributed by atoms with Gasteiger partial charge in [0.1, 0.15) is 0 Å². The molecule has 10 nitrogen and oxygen atoms in total. The van der Waals surface area contributed by atoms with Crippen molar-refractivity contribution in [2.75, 3.05) is 11.9 Å². The van der Waals surface area contributed by atoms with Gasteiger partial charge in [-0.3, -0.25) is 14.3 Å². The molecule has 0 bridgehead atoms. The lowest BCUT2D eigenvalue weighted by Crippen LogP contribution is -2.47. The number of amides is 2. The van der Waals surface area contributed by atoms with E-state index in [1.165, 1.54) is 29.3 Å². The monoisotopic (exact) mass is 537 g/mol. The minimum absolute atomic E-state index is 0.0795. The summed E-state index contributed by atoms with van der Waals surface area (Å²) < 4.78 is 45.0. The molecular formula is C23H23ClF3N7O3. The number of anilines is 1. The molecular weight excluding hydrogens is 515 g/mol. The first-order valence-electron chi connectivity index (χ1n) is 11.7. The number of piperidine rings is 1. The summed E-state index contributed by atoms with van der Waals surface area (Å²) in [6.07, 6.45) is 2.44. The molecule has 5 rings (SSSR count). The van der Waals surface area contributed by atoms with Gasteiger partial charge in [0.15, 0.2) is 11.5 Å². The zero-order valence-electron chi connectivity index (χ0n) is 19.4. The summed E-state index contributed by atoms with van der Waals surface area (Å²) in [7, 11) is 0. The number of nitrogens with zero attached hydrogens (tertiary/aromatic N) is 5. The van der Waals surface area contributed by atoms with Crippen LogP contribution in [0.15, 0.2) is 30.9 Å². The average Bonchev–Trinajstić information content (AvgIpc) is 3.52. The van der Waals surface area contributed by atoms with Crippen molar-refractivity contribution < 1.29 is 27.9 Å². The van der Waals surface area contributed by atoms with E-state index >= 15 is 0 Å². The number of hydrogen-bond donors (Lipinski definition) is 3. The summed E-state index contributed by atoms with van der Waals surface area (Å²) in [5, 5.41) is 22.5. The highest BCUT2D eigenvalue weighted by molar-refractivity contribution is 6.32. The van der Waals surface area contributed by atoms with Crippen LogP contribution in [0.5, 0.6) is 0 Å². The zero-order chi connectivity index (χ0) is 26.3. The fraction of sp³-hybridized carbons (Fsp3) is 0.435. The van der Waals surface area contributed by atoms with Crippen molar-refractivity contribution in [3.63, 3.8) is 0 Å². The van der Waals surface area contributed by atoms with Crippen molar-refractivity contribution in [1.29, 1.82) is 0 Å². The van der Waals surface area contributed by atoms with E-state index < -0.39 is 29.4 Å². The van der Waals surface area contributed by atoms with Gasteiger partial charge in [-0.15, -0.1) is 0 Å². The largest absolute Gasteiger partial charge is 0.433 e. The SMILES string of the molecule is O=C(Nc1cnc(-n2cc(CO)cn2)c(Cl)c1)c1cnn(C2CCCC3C(=O)NCCC32)c1C(F)(F)F. The van der Waals surface area contributed by atoms with Gasteiger partial charge in [0.05, 0.1) is 47.5 Å². The molecule has 37 heavy (non-hydrogen) atoms. The van der Waals surface area contributed by atoms with Gasteiger partial charge >= 0.3 is 6.18 Å². The highest BCUT2D eigenvalue weighted by atomic mass is 35.5. The van der Waals surface area contributed by atoms with Crippen molar-refractivity contribution in [2.24, 2.45) is 11.8 Å². The third kappa shape index (κ3) is 4.80. The van der Waals surface area contributed by atoms with Crippen molar-refractivity contribution in [3.8, 4) is 5.82 Å². The number of hydrogen-bond acceptors (Lipinski definition) is 6. The predicted octanol–water partition coefficient (Wildman–Crippen LogP) is 3.36. The van der Waals surface area contributed by atoms with E-state index in [1.54, 1.807) is 0 Å². The second-order valence-corrected chi connectivity index (χ2v) is 9.54. The minimum Gasteiger partial charge on any atom is -0.392 e. The standard InChI is InChI=1S/C23H23ClF3N7O3/c24-17-6-13(8-29-20(17)33-10-12(11-35)7-30-33)32-22(37)16-9-31-34(19(16)23(25,26)27)18-3-1-2-15-14(18)4-5-28-21(15)36/h6-10,14-15,18,35H,1-5,11H2,(H,28,36)(H,32,37). The number of nitrogens with one attached hydrogen (secondary N) is 2. The van der Waals surface area contributed by atoms with Gasteiger partial charge in [-0.25, -0.2) is 9.67 Å². The van der Waals surface area contributed by atoms with Crippen LogP contribution >= 0.6 is 11.6 Å². The number of halogens is 4. The number of aliphatic hydroxyl groups is 1. The number of carbonyl (C=O) groups is 2. The molecule has 1 aliphatic carbocycles. The van der Waals surface area contributed by atoms with Gasteiger partial charge in [0.2, 0.25) is 5.91 Å². The van der Waals surface area contributed by atoms with Crippen molar-refractivity contribution >= 4 is 29.1 Å². The van der Waals surface area contributed by atoms with Crippen LogP contribution in [0.3, 0.4) is 0 Å². The smallest absolute Gasteiger partial charge is 0.392 e. The lowest BCUT2D eigenvalue weighted by Gasteiger charge is -2.41. The van der Waals surface area contributed by atoms with Crippen LogP contribution in [-0.2, 0) is 17.6 Å². The fourth-order valence-corrected chi connectivity index (χ4v) is 5.50. The molecule has 14 heteroatoms. The normalized spacial score (nSPS) is 21.9. The summed E-state index contributed by atoms with van der Waals surface area (Å²) in [5.74, 6) is -1.60. The summed E-state index contributed by atoms with van der Waals surface area (Å²) in [6, 6.07) is 0.697. The van der Waals surface area contributed by atoms with Gasteiger partial charge in [-0.05, 0) is 31.2 Å². The molecule has 0 spiro atoms. The van der Waals surface area contributed by atoms with Crippen LogP contribution in [0.2, 0.25) is 5.02 Å². The van der Waals surface area contributed by atoms with Crippen molar-refractivity contribution in [3.05, 3.63) is 52.7 Å². The second-order valence-electron chi connectivity index (χ2n) is 9.13. The Morgan fingerprint density at radius 2 is 2.03 bits per heavy atom. The maximum absolute atomic E-state index is 14.3. The molecule has 1 saturated carbocycles. The van der Waals surface area contributed by atoms with E-state index in [0.29, 0.717) is 37.8 Å². The van der Waals surface area contributed by atoms with Crippen LogP contribution in [0, 0.1) is 11.8 Å². The van der Waals surface area contributed by atoms with E-state index in [1.807, 2.05) is 0 Å². The van der Waals surface area contributed by atoms with Gasteiger partial charge in [0.25, 0.3) is 5.91 Å². The summed E-state index contributed by atoms with van der Waals surface area (Å²) in [5.41, 5.74) is -1.17. The molecule has 2 fully saturated rings. The lowest BCUT2D eigenvalue weighted by molar-refractivity contribution is -0.147. The van der Waals surface area contributed by atoms with Crippen LogP contribution in [0.1, 0.15) is 53.3 Å². The molecule has 4 heterocycles. The number of pyridine rings is 1. The van der Waals surface area contributed by atoms with Gasteiger partial charge in [-0.2, -0.15) is 23.4 Å². The van der Waals surface area contributed by atoms with E-state index in [4.69, 9.17) is 11.6 Å². The Hall–Kier alpha value is -3.45. The first-order valence-corrected chi connectivity index (χ1v) is 12.1. The highest BCUT2D eigenvalue weighted by Gasteiger charge is 2.46. The fourth-order valence-electron chi connectivity index (χ4n) is 5.25. The average molecular weight is 538 g/mol. The third-order valence-corrected chi connectivity index (χ3v) is 7.16. The van der Waals surface area contributed by atoms with Crippen LogP contribution in [-0.4, -0.2) is 48.0 Å². The van der Waals surface area contributed by atoms with E-state index in [-0.39, 0.29) is 40.9 Å².